The van der Waals surface area contributed by atoms with Crippen molar-refractivity contribution < 1.29 is 0 Å². The van der Waals surface area contributed by atoms with Crippen molar-refractivity contribution in [2.45, 2.75) is 31.2 Å². The lowest BCUT2D eigenvalue weighted by atomic mass is 10.0. The molecule has 0 bridgehead atoms. The molecular formula is C11H14N2S. The van der Waals surface area contributed by atoms with Crippen LogP contribution in [0.15, 0.2) is 4.90 Å². The molecule has 0 amide bonds. The third-order valence-electron chi connectivity index (χ3n) is 3.10. The van der Waals surface area contributed by atoms with Crippen molar-refractivity contribution in [2.24, 2.45) is 0 Å². The molecule has 1 aromatic rings. The van der Waals surface area contributed by atoms with E-state index in [1.54, 1.807) is 0 Å². The molecule has 0 spiro atoms. The van der Waals surface area contributed by atoms with Crippen LogP contribution in [0.1, 0.15) is 22.5 Å². The Labute approximate surface area is 88.5 Å². The van der Waals surface area contributed by atoms with E-state index in [0.29, 0.717) is 0 Å². The molecule has 0 saturated heterocycles. The van der Waals surface area contributed by atoms with Crippen molar-refractivity contribution in [2.75, 3.05) is 12.3 Å². The Balaban J connectivity index is 2.20. The van der Waals surface area contributed by atoms with Crippen molar-refractivity contribution in [1.29, 1.82) is 0 Å². The number of aromatic nitrogens is 1. The van der Waals surface area contributed by atoms with E-state index < -0.39 is 0 Å². The highest BCUT2D eigenvalue weighted by Gasteiger charge is 2.22. The van der Waals surface area contributed by atoms with Crippen molar-refractivity contribution in [1.82, 2.24) is 10.3 Å². The van der Waals surface area contributed by atoms with Gasteiger partial charge < -0.3 is 5.32 Å². The smallest absolute Gasteiger partial charge is 0.0553 e. The number of nitrogens with one attached hydrogen (secondary N) is 1. The normalized spacial score (nSPS) is 19.2. The molecule has 3 rings (SSSR count). The quantitative estimate of drug-likeness (QED) is 0.699. The van der Waals surface area contributed by atoms with Crippen LogP contribution in [-0.4, -0.2) is 17.3 Å². The lowest BCUT2D eigenvalue weighted by Crippen LogP contribution is -2.26. The van der Waals surface area contributed by atoms with Gasteiger partial charge in [-0.1, -0.05) is 0 Å². The fourth-order valence-electron chi connectivity index (χ4n) is 2.32. The molecule has 0 aromatic carbocycles. The molecule has 0 saturated carbocycles. The number of rotatable bonds is 0. The molecule has 0 aliphatic carbocycles. The number of nitrogens with zero attached hydrogens (tertiary/aromatic N) is 1. The van der Waals surface area contributed by atoms with Gasteiger partial charge in [-0.2, -0.15) is 0 Å². The zero-order valence-corrected chi connectivity index (χ0v) is 9.21. The third kappa shape index (κ3) is 1.19. The summed E-state index contributed by atoms with van der Waals surface area (Å²) in [5.41, 5.74) is 5.65. The molecular weight excluding hydrogens is 192 g/mol. The first kappa shape index (κ1) is 8.74. The summed E-state index contributed by atoms with van der Waals surface area (Å²) in [5.74, 6) is 1.22. The molecule has 1 aromatic heterocycles. The molecule has 3 heterocycles. The van der Waals surface area contributed by atoms with Crippen LogP contribution in [0.4, 0.5) is 0 Å². The maximum absolute atomic E-state index is 4.79. The van der Waals surface area contributed by atoms with E-state index in [1.807, 2.05) is 11.8 Å². The summed E-state index contributed by atoms with van der Waals surface area (Å²) in [6.07, 6.45) is 2.27. The van der Waals surface area contributed by atoms with E-state index in [4.69, 9.17) is 4.98 Å². The Bertz CT molecular complexity index is 387. The van der Waals surface area contributed by atoms with E-state index >= 15 is 0 Å². The number of hydrogen-bond donors (Lipinski definition) is 1. The van der Waals surface area contributed by atoms with Crippen LogP contribution in [0, 0.1) is 6.92 Å². The van der Waals surface area contributed by atoms with E-state index in [2.05, 4.69) is 12.2 Å². The fraction of sp³-hybridized carbons (Fsp3) is 0.545. The highest BCUT2D eigenvalue weighted by molar-refractivity contribution is 7.99. The van der Waals surface area contributed by atoms with Crippen LogP contribution >= 0.6 is 11.8 Å². The van der Waals surface area contributed by atoms with Crippen LogP contribution in [0.3, 0.4) is 0 Å². The summed E-state index contributed by atoms with van der Waals surface area (Å²) in [7, 11) is 0. The Hall–Kier alpha value is -0.540. The molecule has 74 valence electrons. The third-order valence-corrected chi connectivity index (χ3v) is 4.34. The Morgan fingerprint density at radius 1 is 1.29 bits per heavy atom. The predicted molar refractivity (Wildman–Crippen MR) is 58.8 cm³/mol. The van der Waals surface area contributed by atoms with E-state index in [1.165, 1.54) is 39.6 Å². The molecule has 1 N–H and O–H groups in total. The average Bonchev–Trinajstić information content (AvgIpc) is 2.66. The Morgan fingerprint density at radius 3 is 3.14 bits per heavy atom. The second kappa shape index (κ2) is 3.24. The van der Waals surface area contributed by atoms with Gasteiger partial charge in [-0.15, -0.1) is 11.8 Å². The molecule has 0 fully saturated rings. The van der Waals surface area contributed by atoms with E-state index in [0.717, 1.165) is 19.5 Å². The van der Waals surface area contributed by atoms with Gasteiger partial charge in [0.2, 0.25) is 0 Å². The van der Waals surface area contributed by atoms with Gasteiger partial charge in [-0.25, -0.2) is 0 Å². The number of fused-ring (bicyclic) bond motifs is 2. The van der Waals surface area contributed by atoms with E-state index in [9.17, 15) is 0 Å². The molecule has 2 aliphatic rings. The van der Waals surface area contributed by atoms with Gasteiger partial charge in [0.15, 0.2) is 0 Å². The second-order valence-corrected chi connectivity index (χ2v) is 5.07. The van der Waals surface area contributed by atoms with Gasteiger partial charge in [0.1, 0.15) is 0 Å². The zero-order chi connectivity index (χ0) is 9.54. The van der Waals surface area contributed by atoms with Gasteiger partial charge in [-0.05, 0) is 18.1 Å². The SMILES string of the molecule is Cc1c2c(nc3c1SCC3)CCNC2. The topological polar surface area (TPSA) is 24.9 Å². The van der Waals surface area contributed by atoms with Crippen LogP contribution in [-0.2, 0) is 19.4 Å². The fourth-order valence-corrected chi connectivity index (χ4v) is 3.48. The first-order valence-electron chi connectivity index (χ1n) is 5.21. The number of pyridine rings is 1. The first-order valence-corrected chi connectivity index (χ1v) is 6.19. The van der Waals surface area contributed by atoms with Gasteiger partial charge in [-0.3, -0.25) is 4.98 Å². The maximum atomic E-state index is 4.79. The monoisotopic (exact) mass is 206 g/mol. The molecule has 2 aliphatic heterocycles. The average molecular weight is 206 g/mol. The molecule has 0 atom stereocenters. The molecule has 0 radical (unpaired) electrons. The number of thioether (sulfide) groups is 1. The summed E-state index contributed by atoms with van der Waals surface area (Å²) in [6, 6.07) is 0. The van der Waals surface area contributed by atoms with Gasteiger partial charge in [0.25, 0.3) is 0 Å². The van der Waals surface area contributed by atoms with Crippen LogP contribution < -0.4 is 5.32 Å². The molecule has 3 heteroatoms. The van der Waals surface area contributed by atoms with Crippen LogP contribution in [0.5, 0.6) is 0 Å². The summed E-state index contributed by atoms with van der Waals surface area (Å²) in [4.78, 5) is 6.26. The standard InChI is InChI=1S/C11H14N2S/c1-7-8-6-12-4-2-9(8)13-10-3-5-14-11(7)10/h12H,2-6H2,1H3. The largest absolute Gasteiger partial charge is 0.312 e. The minimum Gasteiger partial charge on any atom is -0.312 e. The number of aryl methyl sites for hydroxylation is 1. The van der Waals surface area contributed by atoms with Crippen molar-refractivity contribution in [3.05, 3.63) is 22.5 Å². The highest BCUT2D eigenvalue weighted by atomic mass is 32.2. The molecule has 14 heavy (non-hydrogen) atoms. The van der Waals surface area contributed by atoms with Crippen LogP contribution in [0.2, 0.25) is 0 Å². The second-order valence-electron chi connectivity index (χ2n) is 3.96. The summed E-state index contributed by atoms with van der Waals surface area (Å²) < 4.78 is 0. The van der Waals surface area contributed by atoms with Gasteiger partial charge in [0, 0.05) is 42.3 Å². The minimum absolute atomic E-state index is 1.02. The Morgan fingerprint density at radius 2 is 2.21 bits per heavy atom. The minimum atomic E-state index is 1.02. The van der Waals surface area contributed by atoms with Gasteiger partial charge >= 0.3 is 0 Å². The lowest BCUT2D eigenvalue weighted by molar-refractivity contribution is 0.620. The first-order chi connectivity index (χ1) is 6.86. The highest BCUT2D eigenvalue weighted by Crippen LogP contribution is 2.35. The maximum Gasteiger partial charge on any atom is 0.0553 e. The van der Waals surface area contributed by atoms with Crippen molar-refractivity contribution >= 4 is 11.8 Å². The van der Waals surface area contributed by atoms with Crippen LogP contribution in [0.25, 0.3) is 0 Å². The summed E-state index contributed by atoms with van der Waals surface area (Å²) in [5, 5.41) is 3.42. The summed E-state index contributed by atoms with van der Waals surface area (Å²) in [6.45, 7) is 4.36. The Kier molecular flexibility index (Phi) is 2.03. The molecule has 2 nitrogen and oxygen atoms in total. The van der Waals surface area contributed by atoms with Crippen molar-refractivity contribution in [3.63, 3.8) is 0 Å². The number of hydrogen-bond acceptors (Lipinski definition) is 3. The van der Waals surface area contributed by atoms with Crippen molar-refractivity contribution in [3.8, 4) is 0 Å². The summed E-state index contributed by atoms with van der Waals surface area (Å²) >= 11 is 1.98. The predicted octanol–water partition coefficient (Wildman–Crippen LogP) is 1.68. The molecule has 0 unspecified atom stereocenters. The van der Waals surface area contributed by atoms with Gasteiger partial charge in [0.05, 0.1) is 5.69 Å². The zero-order valence-electron chi connectivity index (χ0n) is 8.39. The lowest BCUT2D eigenvalue weighted by Gasteiger charge is -2.20. The van der Waals surface area contributed by atoms with E-state index in [-0.39, 0.29) is 0 Å².